The molecule has 0 amide bonds. The molecule has 4 nitrogen and oxygen atoms in total. The number of nitriles is 1. The van der Waals surface area contributed by atoms with Crippen LogP contribution in [0.4, 0.5) is 4.39 Å². The Morgan fingerprint density at radius 2 is 1.84 bits per heavy atom. The van der Waals surface area contributed by atoms with Gasteiger partial charge in [0.15, 0.2) is 0 Å². The number of hydrogen-bond donors (Lipinski definition) is 1. The lowest BCUT2D eigenvalue weighted by Crippen LogP contribution is -2.17. The van der Waals surface area contributed by atoms with Crippen molar-refractivity contribution in [3.63, 3.8) is 0 Å². The molecular formula is C20H17FN2O2. The van der Waals surface area contributed by atoms with Crippen molar-refractivity contribution in [3.8, 4) is 17.5 Å². The summed E-state index contributed by atoms with van der Waals surface area (Å²) < 4.78 is 20.9. The second-order valence-corrected chi connectivity index (χ2v) is 6.27. The molecule has 0 radical (unpaired) electrons. The van der Waals surface area contributed by atoms with Gasteiger partial charge >= 0.3 is 0 Å². The summed E-state index contributed by atoms with van der Waals surface area (Å²) in [7, 11) is 0. The standard InChI is InChI=1S/C20H17FN2O2/c21-14-1-3-15(4-2-14)23-19-6-5-16(24)11-17(19)18(12-22)20(23)13-7-9-25-10-8-13/h1-6,11,13,24H,7-10H2. The normalized spacial score (nSPS) is 15.4. The second-order valence-electron chi connectivity index (χ2n) is 6.27. The van der Waals surface area contributed by atoms with Crippen molar-refractivity contribution in [1.82, 2.24) is 4.57 Å². The van der Waals surface area contributed by atoms with E-state index in [1.165, 1.54) is 12.1 Å². The number of phenols is 1. The van der Waals surface area contributed by atoms with Crippen LogP contribution in [0.25, 0.3) is 16.6 Å². The number of ether oxygens (including phenoxy) is 1. The Hall–Kier alpha value is -2.84. The molecule has 5 heteroatoms. The van der Waals surface area contributed by atoms with Gasteiger partial charge in [0.1, 0.15) is 17.6 Å². The lowest BCUT2D eigenvalue weighted by molar-refractivity contribution is 0.0842. The van der Waals surface area contributed by atoms with Gasteiger partial charge in [0.05, 0.1) is 11.1 Å². The first-order chi connectivity index (χ1) is 12.2. The Morgan fingerprint density at radius 1 is 1.12 bits per heavy atom. The molecule has 0 unspecified atom stereocenters. The highest BCUT2D eigenvalue weighted by atomic mass is 19.1. The van der Waals surface area contributed by atoms with Crippen LogP contribution in [0, 0.1) is 17.1 Å². The first-order valence-corrected chi connectivity index (χ1v) is 8.30. The molecule has 0 spiro atoms. The van der Waals surface area contributed by atoms with E-state index >= 15 is 0 Å². The summed E-state index contributed by atoms with van der Waals surface area (Å²) >= 11 is 0. The van der Waals surface area contributed by atoms with Gasteiger partial charge in [-0.15, -0.1) is 0 Å². The molecule has 1 aliphatic heterocycles. The predicted molar refractivity (Wildman–Crippen MR) is 92.4 cm³/mol. The molecule has 1 fully saturated rings. The van der Waals surface area contributed by atoms with E-state index in [0.29, 0.717) is 24.2 Å². The fourth-order valence-electron chi connectivity index (χ4n) is 3.64. The number of benzene rings is 2. The number of nitrogens with zero attached hydrogens (tertiary/aromatic N) is 2. The molecule has 2 heterocycles. The van der Waals surface area contributed by atoms with Crippen molar-refractivity contribution < 1.29 is 14.2 Å². The summed E-state index contributed by atoms with van der Waals surface area (Å²) in [4.78, 5) is 0. The smallest absolute Gasteiger partial charge is 0.123 e. The van der Waals surface area contributed by atoms with E-state index in [2.05, 4.69) is 6.07 Å². The van der Waals surface area contributed by atoms with E-state index < -0.39 is 0 Å². The van der Waals surface area contributed by atoms with E-state index in [0.717, 1.165) is 29.7 Å². The Labute approximate surface area is 144 Å². The van der Waals surface area contributed by atoms with Crippen LogP contribution in [0.3, 0.4) is 0 Å². The van der Waals surface area contributed by atoms with Gasteiger partial charge in [-0.05, 0) is 55.3 Å². The third kappa shape index (κ3) is 2.65. The summed E-state index contributed by atoms with van der Waals surface area (Å²) in [6, 6.07) is 13.6. The molecule has 0 bridgehead atoms. The highest BCUT2D eigenvalue weighted by Crippen LogP contribution is 2.38. The van der Waals surface area contributed by atoms with Gasteiger partial charge in [-0.3, -0.25) is 0 Å². The number of aromatic hydroxyl groups is 1. The lowest BCUT2D eigenvalue weighted by Gasteiger charge is -2.24. The summed E-state index contributed by atoms with van der Waals surface area (Å²) in [5.41, 5.74) is 3.13. The minimum Gasteiger partial charge on any atom is -0.508 e. The van der Waals surface area contributed by atoms with Crippen LogP contribution in [-0.4, -0.2) is 22.9 Å². The Morgan fingerprint density at radius 3 is 2.52 bits per heavy atom. The van der Waals surface area contributed by atoms with Crippen molar-refractivity contribution in [3.05, 3.63) is 59.5 Å². The van der Waals surface area contributed by atoms with Crippen molar-refractivity contribution in [1.29, 1.82) is 5.26 Å². The zero-order chi connectivity index (χ0) is 17.4. The molecule has 1 aromatic heterocycles. The van der Waals surface area contributed by atoms with Crippen molar-refractivity contribution in [2.45, 2.75) is 18.8 Å². The van der Waals surface area contributed by atoms with Gasteiger partial charge in [-0.25, -0.2) is 4.39 Å². The average Bonchev–Trinajstić information content (AvgIpc) is 2.96. The second kappa shape index (κ2) is 6.23. The monoisotopic (exact) mass is 336 g/mol. The van der Waals surface area contributed by atoms with Gasteiger partial charge < -0.3 is 14.4 Å². The molecule has 1 N–H and O–H groups in total. The minimum atomic E-state index is -0.300. The van der Waals surface area contributed by atoms with Crippen molar-refractivity contribution in [2.24, 2.45) is 0 Å². The molecule has 0 aliphatic carbocycles. The van der Waals surface area contributed by atoms with Gasteiger partial charge in [0.2, 0.25) is 0 Å². The van der Waals surface area contributed by atoms with Gasteiger partial charge in [0.25, 0.3) is 0 Å². The van der Waals surface area contributed by atoms with E-state index in [9.17, 15) is 14.8 Å². The summed E-state index contributed by atoms with van der Waals surface area (Å²) in [5, 5.41) is 20.4. The van der Waals surface area contributed by atoms with Crippen LogP contribution >= 0.6 is 0 Å². The zero-order valence-corrected chi connectivity index (χ0v) is 13.6. The molecule has 0 saturated carbocycles. The topological polar surface area (TPSA) is 58.2 Å². The van der Waals surface area contributed by atoms with Gasteiger partial charge in [-0.2, -0.15) is 5.26 Å². The summed E-state index contributed by atoms with van der Waals surface area (Å²) in [6.07, 6.45) is 1.66. The quantitative estimate of drug-likeness (QED) is 0.761. The lowest BCUT2D eigenvalue weighted by atomic mass is 9.93. The van der Waals surface area contributed by atoms with Crippen LogP contribution in [0.5, 0.6) is 5.75 Å². The third-order valence-electron chi connectivity index (χ3n) is 4.79. The number of halogens is 1. The Kier molecular flexibility index (Phi) is 3.90. The maximum Gasteiger partial charge on any atom is 0.123 e. The number of hydrogen-bond acceptors (Lipinski definition) is 3. The maximum absolute atomic E-state index is 13.4. The molecular weight excluding hydrogens is 319 g/mol. The van der Waals surface area contributed by atoms with Crippen LogP contribution in [0.15, 0.2) is 42.5 Å². The molecule has 1 saturated heterocycles. The minimum absolute atomic E-state index is 0.124. The molecule has 0 atom stereocenters. The van der Waals surface area contributed by atoms with Crippen LogP contribution < -0.4 is 0 Å². The largest absolute Gasteiger partial charge is 0.508 e. The number of aromatic nitrogens is 1. The van der Waals surface area contributed by atoms with E-state index in [1.807, 2.05) is 4.57 Å². The van der Waals surface area contributed by atoms with E-state index in [4.69, 9.17) is 4.74 Å². The van der Waals surface area contributed by atoms with Crippen LogP contribution in [0.1, 0.15) is 30.0 Å². The van der Waals surface area contributed by atoms with Gasteiger partial charge in [0, 0.05) is 35.9 Å². The van der Waals surface area contributed by atoms with Crippen molar-refractivity contribution >= 4 is 10.9 Å². The van der Waals surface area contributed by atoms with E-state index in [-0.39, 0.29) is 17.5 Å². The predicted octanol–water partition coefficient (Wildman–Crippen LogP) is 4.24. The van der Waals surface area contributed by atoms with Crippen molar-refractivity contribution in [2.75, 3.05) is 13.2 Å². The third-order valence-corrected chi connectivity index (χ3v) is 4.79. The van der Waals surface area contributed by atoms with E-state index in [1.54, 1.807) is 30.3 Å². The number of rotatable bonds is 2. The first kappa shape index (κ1) is 15.7. The average molecular weight is 336 g/mol. The molecule has 2 aromatic carbocycles. The SMILES string of the molecule is N#Cc1c(C2CCOCC2)n(-c2ccc(F)cc2)c2ccc(O)cc12. The summed E-state index contributed by atoms with van der Waals surface area (Å²) in [6.45, 7) is 1.32. The summed E-state index contributed by atoms with van der Waals surface area (Å²) in [5.74, 6) is 0.00718. The number of fused-ring (bicyclic) bond motifs is 1. The van der Waals surface area contributed by atoms with Gasteiger partial charge in [-0.1, -0.05) is 0 Å². The number of phenolic OH excluding ortho intramolecular Hbond substituents is 1. The van der Waals surface area contributed by atoms with Crippen LogP contribution in [-0.2, 0) is 4.74 Å². The molecule has 4 rings (SSSR count). The Balaban J connectivity index is 2.04. The Bertz CT molecular complexity index is 964. The fraction of sp³-hybridized carbons (Fsp3) is 0.250. The molecule has 25 heavy (non-hydrogen) atoms. The molecule has 1 aliphatic rings. The highest BCUT2D eigenvalue weighted by molar-refractivity contribution is 5.91. The van der Waals surface area contributed by atoms with Crippen LogP contribution in [0.2, 0.25) is 0 Å². The fourth-order valence-corrected chi connectivity index (χ4v) is 3.64. The highest BCUT2D eigenvalue weighted by Gasteiger charge is 2.27. The maximum atomic E-state index is 13.4. The molecule has 126 valence electrons. The zero-order valence-electron chi connectivity index (χ0n) is 13.6. The molecule has 3 aromatic rings. The first-order valence-electron chi connectivity index (χ1n) is 8.30.